The van der Waals surface area contributed by atoms with Gasteiger partial charge >= 0.3 is 5.97 Å². The van der Waals surface area contributed by atoms with E-state index < -0.39 is 5.97 Å². The van der Waals surface area contributed by atoms with Crippen molar-refractivity contribution in [1.82, 2.24) is 19.5 Å². The number of carbonyl (C=O) groups is 1. The quantitative estimate of drug-likeness (QED) is 0.217. The molecule has 0 fully saturated rings. The van der Waals surface area contributed by atoms with Crippen molar-refractivity contribution in [3.05, 3.63) is 109 Å². The number of carboxylic acids is 1. The SMILES string of the molecule is Cn1c(-c2cccc3c2[n-]c2ccccc23)nc2c(-c3cc(-c4ccccc4)cc(C(=O)O)n3)cccc21.[Pt]. The molecule has 0 radical (unpaired) electrons. The van der Waals surface area contributed by atoms with E-state index in [0.29, 0.717) is 5.69 Å². The molecule has 0 bridgehead atoms. The Morgan fingerprint density at radius 1 is 0.769 bits per heavy atom. The molecule has 0 saturated heterocycles. The zero-order valence-corrected chi connectivity index (χ0v) is 23.0. The van der Waals surface area contributed by atoms with Gasteiger partial charge in [0.2, 0.25) is 0 Å². The Bertz CT molecular complexity index is 2030. The van der Waals surface area contributed by atoms with Crippen LogP contribution in [0.2, 0.25) is 0 Å². The molecule has 7 aromatic rings. The summed E-state index contributed by atoms with van der Waals surface area (Å²) in [4.78, 5) is 26.5. The van der Waals surface area contributed by atoms with Gasteiger partial charge in [0.15, 0.2) is 0 Å². The van der Waals surface area contributed by atoms with Crippen LogP contribution in [0.4, 0.5) is 0 Å². The molecule has 4 aromatic carbocycles. The van der Waals surface area contributed by atoms with Crippen molar-refractivity contribution in [2.75, 3.05) is 0 Å². The minimum absolute atomic E-state index is 0. The van der Waals surface area contributed by atoms with Crippen LogP contribution in [0.15, 0.2) is 103 Å². The number of benzene rings is 4. The van der Waals surface area contributed by atoms with Crippen molar-refractivity contribution in [3.8, 4) is 33.8 Å². The van der Waals surface area contributed by atoms with Gasteiger partial charge < -0.3 is 14.7 Å². The van der Waals surface area contributed by atoms with Crippen LogP contribution in [-0.2, 0) is 28.1 Å². The van der Waals surface area contributed by atoms with Gasteiger partial charge in [-0.25, -0.2) is 14.8 Å². The van der Waals surface area contributed by atoms with Crippen LogP contribution in [-0.4, -0.2) is 25.6 Å². The van der Waals surface area contributed by atoms with Gasteiger partial charge in [-0.3, -0.25) is 0 Å². The molecule has 0 spiro atoms. The molecule has 0 saturated carbocycles. The summed E-state index contributed by atoms with van der Waals surface area (Å²) < 4.78 is 2.06. The molecule has 0 unspecified atom stereocenters. The number of hydrogen-bond donors (Lipinski definition) is 1. The number of pyridine rings is 1. The fourth-order valence-corrected chi connectivity index (χ4v) is 5.22. The van der Waals surface area contributed by atoms with Gasteiger partial charge in [-0.2, -0.15) is 0 Å². The molecule has 3 aromatic heterocycles. The number of para-hydroxylation sites is 3. The van der Waals surface area contributed by atoms with Gasteiger partial charge in [0.05, 0.1) is 16.7 Å². The van der Waals surface area contributed by atoms with Crippen molar-refractivity contribution in [3.63, 3.8) is 0 Å². The third kappa shape index (κ3) is 4.05. The van der Waals surface area contributed by atoms with Crippen LogP contribution in [0, 0.1) is 0 Å². The first-order chi connectivity index (χ1) is 18.6. The first-order valence-electron chi connectivity index (χ1n) is 12.3. The van der Waals surface area contributed by atoms with Crippen molar-refractivity contribution in [1.29, 1.82) is 0 Å². The minimum atomic E-state index is -1.07. The molecule has 3 heterocycles. The van der Waals surface area contributed by atoms with Crippen molar-refractivity contribution < 1.29 is 31.0 Å². The zero-order valence-electron chi connectivity index (χ0n) is 20.8. The average molecular weight is 689 g/mol. The number of carboxylic acid groups (broad SMARTS) is 1. The Kier molecular flexibility index (Phi) is 6.13. The van der Waals surface area contributed by atoms with E-state index in [0.717, 1.165) is 60.9 Å². The summed E-state index contributed by atoms with van der Waals surface area (Å²) in [5.41, 5.74) is 7.54. The molecule has 192 valence electrons. The molecular formula is C32H21N4O2Pt-. The normalized spacial score (nSPS) is 11.2. The second-order valence-electron chi connectivity index (χ2n) is 9.30. The van der Waals surface area contributed by atoms with Crippen molar-refractivity contribution in [2.24, 2.45) is 7.05 Å². The molecule has 1 N–H and O–H groups in total. The molecule has 7 heteroatoms. The van der Waals surface area contributed by atoms with E-state index in [2.05, 4.69) is 21.7 Å². The Morgan fingerprint density at radius 3 is 2.31 bits per heavy atom. The van der Waals surface area contributed by atoms with E-state index in [9.17, 15) is 9.90 Å². The van der Waals surface area contributed by atoms with E-state index in [1.807, 2.05) is 92.0 Å². The fourth-order valence-electron chi connectivity index (χ4n) is 5.22. The second-order valence-corrected chi connectivity index (χ2v) is 9.30. The Labute approximate surface area is 238 Å². The van der Waals surface area contributed by atoms with E-state index in [4.69, 9.17) is 9.97 Å². The van der Waals surface area contributed by atoms with Gasteiger partial charge in [-0.05, 0) is 40.1 Å². The van der Waals surface area contributed by atoms with Gasteiger partial charge in [-0.15, -0.1) is 11.0 Å². The monoisotopic (exact) mass is 688 g/mol. The zero-order chi connectivity index (χ0) is 25.8. The Morgan fingerprint density at radius 2 is 1.49 bits per heavy atom. The summed E-state index contributed by atoms with van der Waals surface area (Å²) in [6.45, 7) is 0. The summed E-state index contributed by atoms with van der Waals surface area (Å²) in [7, 11) is 1.99. The summed E-state index contributed by atoms with van der Waals surface area (Å²) in [6.07, 6.45) is 0. The number of hydrogen-bond acceptors (Lipinski definition) is 3. The maximum absolute atomic E-state index is 12.0. The van der Waals surface area contributed by atoms with Crippen LogP contribution in [0.5, 0.6) is 0 Å². The Balaban J connectivity index is 0.00000277. The molecule has 0 aliphatic carbocycles. The predicted octanol–water partition coefficient (Wildman–Crippen LogP) is 6.93. The number of imidazole rings is 1. The van der Waals surface area contributed by atoms with E-state index in [1.165, 1.54) is 0 Å². The molecule has 39 heavy (non-hydrogen) atoms. The molecule has 0 amide bonds. The second kappa shape index (κ2) is 9.64. The van der Waals surface area contributed by atoms with Gasteiger partial charge in [0.1, 0.15) is 11.5 Å². The molecule has 6 nitrogen and oxygen atoms in total. The minimum Gasteiger partial charge on any atom is -0.656 e. The van der Waals surface area contributed by atoms with Gasteiger partial charge in [0, 0.05) is 39.2 Å². The van der Waals surface area contributed by atoms with Gasteiger partial charge in [0.25, 0.3) is 0 Å². The average Bonchev–Trinajstić information content (AvgIpc) is 3.51. The summed E-state index contributed by atoms with van der Waals surface area (Å²) in [6, 6.07) is 33.5. The predicted molar refractivity (Wildman–Crippen MR) is 150 cm³/mol. The number of aryl methyl sites for hydroxylation is 1. The third-order valence-electron chi connectivity index (χ3n) is 7.04. The largest absolute Gasteiger partial charge is 0.656 e. The van der Waals surface area contributed by atoms with Gasteiger partial charge in [-0.1, -0.05) is 84.9 Å². The molecule has 0 aliphatic heterocycles. The van der Waals surface area contributed by atoms with E-state index in [1.54, 1.807) is 6.07 Å². The maximum Gasteiger partial charge on any atom is 0.354 e. The van der Waals surface area contributed by atoms with Crippen LogP contribution in [0.1, 0.15) is 10.5 Å². The molecule has 0 atom stereocenters. The number of aromatic nitrogens is 4. The molecular weight excluding hydrogens is 667 g/mol. The molecule has 0 aliphatic rings. The van der Waals surface area contributed by atoms with Crippen LogP contribution in [0.25, 0.3) is 66.6 Å². The first-order valence-corrected chi connectivity index (χ1v) is 12.3. The number of rotatable bonds is 4. The van der Waals surface area contributed by atoms with Crippen molar-refractivity contribution >= 4 is 38.8 Å². The number of nitrogens with zero attached hydrogens (tertiary/aromatic N) is 4. The molecule has 7 rings (SSSR count). The van der Waals surface area contributed by atoms with Crippen LogP contribution < -0.4 is 4.98 Å². The first kappa shape index (κ1) is 24.8. The fraction of sp³-hybridized carbons (Fsp3) is 0.0312. The smallest absolute Gasteiger partial charge is 0.354 e. The third-order valence-corrected chi connectivity index (χ3v) is 7.04. The van der Waals surface area contributed by atoms with E-state index >= 15 is 0 Å². The summed E-state index contributed by atoms with van der Waals surface area (Å²) >= 11 is 0. The van der Waals surface area contributed by atoms with Crippen molar-refractivity contribution in [2.45, 2.75) is 0 Å². The number of fused-ring (bicyclic) bond motifs is 4. The summed E-state index contributed by atoms with van der Waals surface area (Å²) in [5.74, 6) is -0.280. The number of aromatic carboxylic acids is 1. The topological polar surface area (TPSA) is 82.1 Å². The standard InChI is InChI=1S/C32H22N4O2.Pt/c1-36-28-16-8-13-23(26-17-20(18-27(33-26)32(37)38)19-9-3-2-4-10-19)30(28)35-31(36)24-14-7-12-22-21-11-5-6-15-25(21)34-29(22)24;/h2-18H,1H3,(H2,33,34,35,37,38);/p-1. The Hall–Kier alpha value is -4.54. The van der Waals surface area contributed by atoms with E-state index in [-0.39, 0.29) is 26.8 Å². The maximum atomic E-state index is 12.0. The van der Waals surface area contributed by atoms with Crippen LogP contribution >= 0.6 is 0 Å². The van der Waals surface area contributed by atoms with Crippen LogP contribution in [0.3, 0.4) is 0 Å². The summed E-state index contributed by atoms with van der Waals surface area (Å²) in [5, 5.41) is 12.0.